The van der Waals surface area contributed by atoms with E-state index < -0.39 is 23.4 Å². The summed E-state index contributed by atoms with van der Waals surface area (Å²) in [6.07, 6.45) is -4.43. The van der Waals surface area contributed by atoms with E-state index in [0.29, 0.717) is 6.07 Å². The van der Waals surface area contributed by atoms with E-state index in [-0.39, 0.29) is 11.1 Å². The fourth-order valence-corrected chi connectivity index (χ4v) is 1.56. The van der Waals surface area contributed by atoms with E-state index in [2.05, 4.69) is 0 Å². The molecule has 18 heavy (non-hydrogen) atoms. The van der Waals surface area contributed by atoms with E-state index in [0.717, 1.165) is 30.3 Å². The first kappa shape index (κ1) is 12.5. The molecule has 2 rings (SSSR count). The Morgan fingerprint density at radius 3 is 1.89 bits per heavy atom. The van der Waals surface area contributed by atoms with E-state index in [1.807, 2.05) is 0 Å². The Labute approximate surface area is 99.7 Å². The van der Waals surface area contributed by atoms with Gasteiger partial charge in [-0.15, -0.1) is 0 Å². The normalized spacial score (nSPS) is 11.6. The second-order valence-electron chi connectivity index (χ2n) is 3.70. The van der Waals surface area contributed by atoms with Crippen LogP contribution in [0.3, 0.4) is 0 Å². The van der Waals surface area contributed by atoms with E-state index >= 15 is 0 Å². The minimum Gasteiger partial charge on any atom is -0.207 e. The van der Waals surface area contributed by atoms with Crippen molar-refractivity contribution in [2.75, 3.05) is 0 Å². The third-order valence-electron chi connectivity index (χ3n) is 2.45. The van der Waals surface area contributed by atoms with Gasteiger partial charge in [0.1, 0.15) is 11.6 Å². The Morgan fingerprint density at radius 1 is 0.778 bits per heavy atom. The largest absolute Gasteiger partial charge is 0.416 e. The average Bonchev–Trinajstić information content (AvgIpc) is 2.28. The summed E-state index contributed by atoms with van der Waals surface area (Å²) in [6.45, 7) is 0. The van der Waals surface area contributed by atoms with Crippen LogP contribution in [0, 0.1) is 11.6 Å². The summed E-state index contributed by atoms with van der Waals surface area (Å²) in [5.41, 5.74) is -0.487. The molecule has 0 unspecified atom stereocenters. The first-order valence-corrected chi connectivity index (χ1v) is 5.00. The molecule has 0 aliphatic heterocycles. The highest BCUT2D eigenvalue weighted by atomic mass is 19.4. The maximum atomic E-state index is 13.4. The smallest absolute Gasteiger partial charge is 0.207 e. The number of halogens is 5. The molecule has 0 aliphatic carbocycles. The van der Waals surface area contributed by atoms with Crippen LogP contribution < -0.4 is 0 Å². The fraction of sp³-hybridized carbons (Fsp3) is 0.0769. The van der Waals surface area contributed by atoms with Gasteiger partial charge in [-0.2, -0.15) is 13.2 Å². The zero-order valence-electron chi connectivity index (χ0n) is 8.93. The Morgan fingerprint density at radius 2 is 1.39 bits per heavy atom. The lowest BCUT2D eigenvalue weighted by Crippen LogP contribution is -2.04. The first-order valence-electron chi connectivity index (χ1n) is 5.00. The molecule has 0 atom stereocenters. The van der Waals surface area contributed by atoms with E-state index in [4.69, 9.17) is 0 Å². The van der Waals surface area contributed by atoms with E-state index in [9.17, 15) is 22.0 Å². The highest BCUT2D eigenvalue weighted by molar-refractivity contribution is 5.64. The molecule has 0 nitrogen and oxygen atoms in total. The molecule has 0 aromatic heterocycles. The van der Waals surface area contributed by atoms with Crippen LogP contribution >= 0.6 is 0 Å². The highest BCUT2D eigenvalue weighted by Crippen LogP contribution is 2.31. The minimum atomic E-state index is -4.43. The van der Waals surface area contributed by atoms with Gasteiger partial charge in [-0.1, -0.05) is 12.1 Å². The molecule has 2 aromatic rings. The molecule has 0 saturated heterocycles. The monoisotopic (exact) mass is 258 g/mol. The quantitative estimate of drug-likeness (QED) is 0.653. The molecule has 5 heteroatoms. The average molecular weight is 258 g/mol. The molecule has 0 heterocycles. The van der Waals surface area contributed by atoms with Crippen LogP contribution in [0.2, 0.25) is 0 Å². The molecule has 0 amide bonds. The van der Waals surface area contributed by atoms with Crippen molar-refractivity contribution in [3.63, 3.8) is 0 Å². The summed E-state index contributed by atoms with van der Waals surface area (Å²) in [4.78, 5) is 0. The van der Waals surface area contributed by atoms with Crippen molar-refractivity contribution in [2.24, 2.45) is 0 Å². The van der Waals surface area contributed by atoms with E-state index in [1.165, 1.54) is 6.07 Å². The van der Waals surface area contributed by atoms with Gasteiger partial charge >= 0.3 is 6.18 Å². The Balaban J connectivity index is 2.41. The summed E-state index contributed by atoms with van der Waals surface area (Å²) in [5, 5.41) is 0. The van der Waals surface area contributed by atoms with E-state index in [1.54, 1.807) is 0 Å². The number of hydrogen-bond donors (Lipinski definition) is 0. The summed E-state index contributed by atoms with van der Waals surface area (Å²) in [7, 11) is 0. The zero-order chi connectivity index (χ0) is 13.3. The van der Waals surface area contributed by atoms with Crippen molar-refractivity contribution in [2.45, 2.75) is 6.18 Å². The summed E-state index contributed by atoms with van der Waals surface area (Å²) in [5.74, 6) is -1.54. The number of alkyl halides is 3. The Hall–Kier alpha value is -1.91. The molecule has 2 aromatic carbocycles. The molecule has 0 bridgehead atoms. The summed E-state index contributed by atoms with van der Waals surface area (Å²) < 4.78 is 63.1. The molecule has 0 spiro atoms. The van der Waals surface area contributed by atoms with Crippen molar-refractivity contribution in [3.05, 3.63) is 59.7 Å². The van der Waals surface area contributed by atoms with Gasteiger partial charge in [-0.25, -0.2) is 8.78 Å². The fourth-order valence-electron chi connectivity index (χ4n) is 1.56. The molecule has 0 N–H and O–H groups in total. The lowest BCUT2D eigenvalue weighted by atomic mass is 10.0. The first-order chi connectivity index (χ1) is 8.38. The SMILES string of the molecule is Fc1ccc(-c2ccc(C(F)(F)F)cc2)c(F)c1. The van der Waals surface area contributed by atoms with Gasteiger partial charge in [0.2, 0.25) is 0 Å². The van der Waals surface area contributed by atoms with Crippen LogP contribution in [-0.2, 0) is 6.18 Å². The van der Waals surface area contributed by atoms with Crippen molar-refractivity contribution >= 4 is 0 Å². The van der Waals surface area contributed by atoms with Gasteiger partial charge in [0.25, 0.3) is 0 Å². The summed E-state index contributed by atoms with van der Waals surface area (Å²) >= 11 is 0. The van der Waals surface area contributed by atoms with Gasteiger partial charge in [0.05, 0.1) is 5.56 Å². The molecular formula is C13H7F5. The molecule has 0 aliphatic rings. The Bertz CT molecular complexity index is 555. The molecule has 94 valence electrons. The third kappa shape index (κ3) is 2.50. The molecular weight excluding hydrogens is 251 g/mol. The number of hydrogen-bond acceptors (Lipinski definition) is 0. The predicted molar refractivity (Wildman–Crippen MR) is 56.8 cm³/mol. The summed E-state index contributed by atoms with van der Waals surface area (Å²) in [6, 6.07) is 6.95. The van der Waals surface area contributed by atoms with Gasteiger partial charge in [0.15, 0.2) is 0 Å². The zero-order valence-corrected chi connectivity index (χ0v) is 8.93. The van der Waals surface area contributed by atoms with Crippen molar-refractivity contribution in [1.29, 1.82) is 0 Å². The van der Waals surface area contributed by atoms with Crippen molar-refractivity contribution in [1.82, 2.24) is 0 Å². The van der Waals surface area contributed by atoms with Gasteiger partial charge in [-0.05, 0) is 29.8 Å². The van der Waals surface area contributed by atoms with Crippen LogP contribution in [0.15, 0.2) is 42.5 Å². The Kier molecular flexibility index (Phi) is 3.07. The van der Waals surface area contributed by atoms with Crippen LogP contribution in [0.25, 0.3) is 11.1 Å². The highest BCUT2D eigenvalue weighted by Gasteiger charge is 2.30. The lowest BCUT2D eigenvalue weighted by Gasteiger charge is -2.08. The topological polar surface area (TPSA) is 0 Å². The number of benzene rings is 2. The van der Waals surface area contributed by atoms with Crippen LogP contribution in [-0.4, -0.2) is 0 Å². The van der Waals surface area contributed by atoms with Crippen molar-refractivity contribution in [3.8, 4) is 11.1 Å². The second kappa shape index (κ2) is 4.40. The van der Waals surface area contributed by atoms with Crippen LogP contribution in [0.5, 0.6) is 0 Å². The molecule has 0 radical (unpaired) electrons. The predicted octanol–water partition coefficient (Wildman–Crippen LogP) is 4.65. The van der Waals surface area contributed by atoms with Gasteiger partial charge in [-0.3, -0.25) is 0 Å². The standard InChI is InChI=1S/C13H7F5/c14-10-5-6-11(12(15)7-10)8-1-3-9(4-2-8)13(16,17)18/h1-7H. The van der Waals surface area contributed by atoms with Crippen LogP contribution in [0.1, 0.15) is 5.56 Å². The lowest BCUT2D eigenvalue weighted by molar-refractivity contribution is -0.137. The van der Waals surface area contributed by atoms with Gasteiger partial charge in [0, 0.05) is 11.6 Å². The van der Waals surface area contributed by atoms with Crippen LogP contribution in [0.4, 0.5) is 22.0 Å². The van der Waals surface area contributed by atoms with Crippen molar-refractivity contribution < 1.29 is 22.0 Å². The molecule has 0 fully saturated rings. The maximum Gasteiger partial charge on any atom is 0.416 e. The molecule has 0 saturated carbocycles. The second-order valence-corrected chi connectivity index (χ2v) is 3.70. The number of rotatable bonds is 1. The van der Waals surface area contributed by atoms with Gasteiger partial charge < -0.3 is 0 Å². The minimum absolute atomic E-state index is 0.0603. The third-order valence-corrected chi connectivity index (χ3v) is 2.45. The maximum absolute atomic E-state index is 13.4.